The Morgan fingerprint density at radius 1 is 1.04 bits per heavy atom. The molecule has 4 nitrogen and oxygen atoms in total. The van der Waals surface area contributed by atoms with Crippen LogP contribution in [-0.4, -0.2) is 22.7 Å². The molecule has 4 heteroatoms. The van der Waals surface area contributed by atoms with Crippen molar-refractivity contribution in [2.45, 2.75) is 13.8 Å². The first kappa shape index (κ1) is 16.2. The highest BCUT2D eigenvalue weighted by Crippen LogP contribution is 2.34. The maximum atomic E-state index is 11.0. The Bertz CT molecular complexity index is 1030. The van der Waals surface area contributed by atoms with Gasteiger partial charge in [-0.2, -0.15) is 0 Å². The molecule has 0 unspecified atom stereocenters. The van der Waals surface area contributed by atoms with Crippen LogP contribution in [0.4, 0.5) is 0 Å². The predicted molar refractivity (Wildman–Crippen MR) is 102 cm³/mol. The van der Waals surface area contributed by atoms with E-state index in [0.29, 0.717) is 6.61 Å². The van der Waals surface area contributed by atoms with Crippen molar-refractivity contribution in [3.63, 3.8) is 0 Å². The zero-order valence-corrected chi connectivity index (χ0v) is 14.7. The number of aromatic amines is 1. The molecule has 3 aromatic rings. The van der Waals surface area contributed by atoms with Gasteiger partial charge in [-0.25, -0.2) is 4.79 Å². The molecule has 130 valence electrons. The second kappa shape index (κ2) is 6.23. The summed E-state index contributed by atoms with van der Waals surface area (Å²) in [5.41, 5.74) is 7.81. The summed E-state index contributed by atoms with van der Waals surface area (Å²) < 4.78 is 5.96. The number of ether oxygens (including phenoxy) is 1. The Balaban J connectivity index is 1.66. The molecule has 4 rings (SSSR count). The van der Waals surface area contributed by atoms with E-state index in [0.717, 1.165) is 33.8 Å². The molecule has 2 aromatic carbocycles. The van der Waals surface area contributed by atoms with E-state index in [2.05, 4.69) is 37.0 Å². The molecular formula is C22H19NO3. The monoisotopic (exact) mass is 345 g/mol. The molecular weight excluding hydrogens is 326 g/mol. The summed E-state index contributed by atoms with van der Waals surface area (Å²) in [4.78, 5) is 14.4. The third-order valence-corrected chi connectivity index (χ3v) is 4.67. The summed E-state index contributed by atoms with van der Waals surface area (Å²) in [6, 6.07) is 15.1. The third kappa shape index (κ3) is 2.90. The van der Waals surface area contributed by atoms with Gasteiger partial charge in [0.2, 0.25) is 0 Å². The van der Waals surface area contributed by atoms with Crippen molar-refractivity contribution in [3.8, 4) is 17.0 Å². The summed E-state index contributed by atoms with van der Waals surface area (Å²) in [6.07, 6.45) is 2.18. The lowest BCUT2D eigenvalue weighted by Gasteiger charge is -2.19. The lowest BCUT2D eigenvalue weighted by atomic mass is 9.99. The van der Waals surface area contributed by atoms with E-state index >= 15 is 0 Å². The predicted octanol–water partition coefficient (Wildman–Crippen LogP) is 4.93. The number of carboxylic acid groups (broad SMARTS) is 1. The number of carbonyl (C=O) groups is 1. The average molecular weight is 345 g/mol. The lowest BCUT2D eigenvalue weighted by Crippen LogP contribution is -2.08. The standard InChI is InChI=1S/C22H19NO3/c1-13-9-14(2)18-11-17(12-26-21(18)10-13)20-8-7-19(23-20)15-3-5-16(6-4-15)22(24)25/h3-11,23H,12H2,1-2H3,(H,24,25). The fourth-order valence-corrected chi connectivity index (χ4v) is 3.31. The first-order valence-electron chi connectivity index (χ1n) is 8.49. The normalized spacial score (nSPS) is 12.9. The number of carboxylic acids is 1. The largest absolute Gasteiger partial charge is 0.488 e. The zero-order chi connectivity index (χ0) is 18.3. The highest BCUT2D eigenvalue weighted by Gasteiger charge is 2.16. The van der Waals surface area contributed by atoms with Crippen LogP contribution in [0, 0.1) is 13.8 Å². The number of aryl methyl sites for hydroxylation is 2. The minimum atomic E-state index is -0.919. The van der Waals surface area contributed by atoms with Crippen LogP contribution < -0.4 is 4.74 Å². The third-order valence-electron chi connectivity index (χ3n) is 4.67. The Morgan fingerprint density at radius 2 is 1.77 bits per heavy atom. The Kier molecular flexibility index (Phi) is 3.88. The van der Waals surface area contributed by atoms with Crippen LogP contribution in [0.3, 0.4) is 0 Å². The Morgan fingerprint density at radius 3 is 2.50 bits per heavy atom. The van der Waals surface area contributed by atoms with Crippen molar-refractivity contribution < 1.29 is 14.6 Å². The number of rotatable bonds is 3. The number of H-pyrrole nitrogens is 1. The van der Waals surface area contributed by atoms with Gasteiger partial charge in [0.25, 0.3) is 0 Å². The summed E-state index contributed by atoms with van der Waals surface area (Å²) in [5, 5.41) is 9.01. The van der Waals surface area contributed by atoms with Crippen molar-refractivity contribution in [2.24, 2.45) is 0 Å². The zero-order valence-electron chi connectivity index (χ0n) is 14.7. The molecule has 0 atom stereocenters. The molecule has 0 spiro atoms. The van der Waals surface area contributed by atoms with Gasteiger partial charge in [0.15, 0.2) is 0 Å². The van der Waals surface area contributed by atoms with Crippen LogP contribution in [0.1, 0.15) is 32.7 Å². The van der Waals surface area contributed by atoms with Crippen LogP contribution in [0.25, 0.3) is 22.9 Å². The number of hydrogen-bond donors (Lipinski definition) is 2. The topological polar surface area (TPSA) is 62.3 Å². The minimum absolute atomic E-state index is 0.284. The smallest absolute Gasteiger partial charge is 0.335 e. The van der Waals surface area contributed by atoms with Gasteiger partial charge in [-0.3, -0.25) is 0 Å². The van der Waals surface area contributed by atoms with E-state index in [1.807, 2.05) is 24.3 Å². The number of aromatic nitrogens is 1. The molecule has 0 aliphatic carbocycles. The van der Waals surface area contributed by atoms with E-state index in [9.17, 15) is 4.79 Å². The fraction of sp³-hybridized carbons (Fsp3) is 0.136. The number of aromatic carboxylic acids is 1. The molecule has 0 radical (unpaired) electrons. The van der Waals surface area contributed by atoms with Gasteiger partial charge in [-0.15, -0.1) is 0 Å². The second-order valence-corrected chi connectivity index (χ2v) is 6.62. The molecule has 0 amide bonds. The van der Waals surface area contributed by atoms with Crippen molar-refractivity contribution in [3.05, 3.63) is 76.5 Å². The number of benzene rings is 2. The molecule has 1 aromatic heterocycles. The van der Waals surface area contributed by atoms with E-state index in [-0.39, 0.29) is 5.56 Å². The van der Waals surface area contributed by atoms with Crippen LogP contribution in [0.2, 0.25) is 0 Å². The number of fused-ring (bicyclic) bond motifs is 1. The Labute approximate surface area is 151 Å². The first-order chi connectivity index (χ1) is 12.5. The molecule has 1 aliphatic rings. The van der Waals surface area contributed by atoms with Gasteiger partial charge < -0.3 is 14.8 Å². The van der Waals surface area contributed by atoms with E-state index in [1.165, 1.54) is 11.1 Å². The van der Waals surface area contributed by atoms with Gasteiger partial charge in [0.05, 0.1) is 5.56 Å². The maximum absolute atomic E-state index is 11.0. The van der Waals surface area contributed by atoms with E-state index in [4.69, 9.17) is 9.84 Å². The second-order valence-electron chi connectivity index (χ2n) is 6.62. The van der Waals surface area contributed by atoms with Gasteiger partial charge >= 0.3 is 5.97 Å². The van der Waals surface area contributed by atoms with Crippen LogP contribution in [0.5, 0.6) is 5.75 Å². The van der Waals surface area contributed by atoms with Crippen molar-refractivity contribution in [1.82, 2.24) is 4.98 Å². The maximum Gasteiger partial charge on any atom is 0.335 e. The van der Waals surface area contributed by atoms with Crippen LogP contribution >= 0.6 is 0 Å². The van der Waals surface area contributed by atoms with Crippen molar-refractivity contribution in [1.29, 1.82) is 0 Å². The van der Waals surface area contributed by atoms with Gasteiger partial charge in [-0.05, 0) is 66.9 Å². The van der Waals surface area contributed by atoms with Crippen LogP contribution in [-0.2, 0) is 0 Å². The molecule has 0 fully saturated rings. The Hall–Kier alpha value is -3.27. The minimum Gasteiger partial charge on any atom is -0.488 e. The van der Waals surface area contributed by atoms with Crippen LogP contribution in [0.15, 0.2) is 48.5 Å². The van der Waals surface area contributed by atoms with Crippen molar-refractivity contribution >= 4 is 17.6 Å². The summed E-state index contributed by atoms with van der Waals surface area (Å²) in [7, 11) is 0. The average Bonchev–Trinajstić information content (AvgIpc) is 3.11. The van der Waals surface area contributed by atoms with Crippen molar-refractivity contribution in [2.75, 3.05) is 6.61 Å². The van der Waals surface area contributed by atoms with E-state index < -0.39 is 5.97 Å². The first-order valence-corrected chi connectivity index (χ1v) is 8.49. The molecule has 0 saturated heterocycles. The molecule has 2 N–H and O–H groups in total. The van der Waals surface area contributed by atoms with Gasteiger partial charge in [-0.1, -0.05) is 18.2 Å². The highest BCUT2D eigenvalue weighted by atomic mass is 16.5. The van der Waals surface area contributed by atoms with Gasteiger partial charge in [0, 0.05) is 22.5 Å². The number of hydrogen-bond acceptors (Lipinski definition) is 2. The molecule has 0 saturated carbocycles. The van der Waals surface area contributed by atoms with Gasteiger partial charge in [0.1, 0.15) is 12.4 Å². The molecule has 0 bridgehead atoms. The lowest BCUT2D eigenvalue weighted by molar-refractivity contribution is 0.0697. The fourth-order valence-electron chi connectivity index (χ4n) is 3.31. The highest BCUT2D eigenvalue weighted by molar-refractivity contribution is 5.89. The number of nitrogens with one attached hydrogen (secondary N) is 1. The molecule has 26 heavy (non-hydrogen) atoms. The quantitative estimate of drug-likeness (QED) is 0.707. The summed E-state index contributed by atoms with van der Waals surface area (Å²) in [6.45, 7) is 4.69. The van der Waals surface area contributed by atoms with E-state index in [1.54, 1.807) is 12.1 Å². The molecule has 1 aliphatic heterocycles. The summed E-state index contributed by atoms with van der Waals surface area (Å²) >= 11 is 0. The summed E-state index contributed by atoms with van der Waals surface area (Å²) in [5.74, 6) is 0.0137. The SMILES string of the molecule is Cc1cc(C)c2c(c1)OCC(c1ccc(-c3ccc(C(=O)O)cc3)[nH]1)=C2. The molecule has 2 heterocycles.